The number of anilines is 1. The highest BCUT2D eigenvalue weighted by molar-refractivity contribution is 7.80. The molecule has 3 aromatic rings. The predicted octanol–water partition coefficient (Wildman–Crippen LogP) is 4.78. The second-order valence-corrected chi connectivity index (χ2v) is 7.12. The highest BCUT2D eigenvalue weighted by atomic mass is 35.5. The summed E-state index contributed by atoms with van der Waals surface area (Å²) in [6, 6.07) is 13.4. The average molecular weight is 388 g/mol. The van der Waals surface area contributed by atoms with Crippen LogP contribution in [-0.2, 0) is 4.79 Å². The number of amides is 1. The lowest BCUT2D eigenvalue weighted by Gasteiger charge is -2.04. The van der Waals surface area contributed by atoms with Gasteiger partial charge in [0.1, 0.15) is 0 Å². The number of nitrogens with one attached hydrogen (secondary N) is 2. The molecule has 4 nitrogen and oxygen atoms in total. The van der Waals surface area contributed by atoms with Crippen LogP contribution in [0.15, 0.2) is 48.5 Å². The van der Waals surface area contributed by atoms with Crippen LogP contribution in [0.25, 0.3) is 16.3 Å². The van der Waals surface area contributed by atoms with Gasteiger partial charge in [0.05, 0.1) is 10.2 Å². The highest BCUT2D eigenvalue weighted by Crippen LogP contribution is 2.30. The summed E-state index contributed by atoms with van der Waals surface area (Å²) >= 11 is 12.7. The van der Waals surface area contributed by atoms with Crippen molar-refractivity contribution in [1.82, 2.24) is 10.3 Å². The van der Waals surface area contributed by atoms with E-state index in [2.05, 4.69) is 15.6 Å². The van der Waals surface area contributed by atoms with Gasteiger partial charge in [-0.2, -0.15) is 0 Å². The molecule has 0 spiro atoms. The lowest BCUT2D eigenvalue weighted by Crippen LogP contribution is -2.32. The van der Waals surface area contributed by atoms with Crippen LogP contribution >= 0.6 is 35.2 Å². The van der Waals surface area contributed by atoms with Crippen LogP contribution in [0.1, 0.15) is 11.1 Å². The van der Waals surface area contributed by atoms with Gasteiger partial charge in [0.2, 0.25) is 5.91 Å². The Balaban J connectivity index is 1.62. The smallest absolute Gasteiger partial charge is 0.250 e. The summed E-state index contributed by atoms with van der Waals surface area (Å²) in [5.74, 6) is -0.304. The lowest BCUT2D eigenvalue weighted by molar-refractivity contribution is -0.115. The molecule has 2 aromatic carbocycles. The number of thiazole rings is 1. The van der Waals surface area contributed by atoms with Gasteiger partial charge in [-0.15, -0.1) is 0 Å². The molecule has 25 heavy (non-hydrogen) atoms. The molecule has 1 heterocycles. The first-order valence-electron chi connectivity index (χ1n) is 7.43. The van der Waals surface area contributed by atoms with Crippen molar-refractivity contribution in [3.63, 3.8) is 0 Å². The average Bonchev–Trinajstić information content (AvgIpc) is 2.95. The number of benzene rings is 2. The van der Waals surface area contributed by atoms with Crippen molar-refractivity contribution >= 4 is 67.6 Å². The van der Waals surface area contributed by atoms with E-state index in [9.17, 15) is 4.79 Å². The van der Waals surface area contributed by atoms with Crippen molar-refractivity contribution in [2.24, 2.45) is 0 Å². The summed E-state index contributed by atoms with van der Waals surface area (Å²) in [5.41, 5.74) is 2.72. The number of halogens is 1. The van der Waals surface area contributed by atoms with Crippen molar-refractivity contribution in [3.8, 4) is 0 Å². The van der Waals surface area contributed by atoms with E-state index in [1.807, 2.05) is 49.4 Å². The van der Waals surface area contributed by atoms with Crippen molar-refractivity contribution in [1.29, 1.82) is 0 Å². The summed E-state index contributed by atoms with van der Waals surface area (Å²) in [4.78, 5) is 16.3. The first-order chi connectivity index (χ1) is 12.0. The van der Waals surface area contributed by atoms with E-state index < -0.39 is 0 Å². The number of aryl methyl sites for hydroxylation is 1. The van der Waals surface area contributed by atoms with Crippen molar-refractivity contribution < 1.29 is 4.79 Å². The van der Waals surface area contributed by atoms with Crippen molar-refractivity contribution in [2.45, 2.75) is 6.92 Å². The Morgan fingerprint density at radius 3 is 2.80 bits per heavy atom. The summed E-state index contributed by atoms with van der Waals surface area (Å²) in [6.45, 7) is 1.94. The van der Waals surface area contributed by atoms with Crippen LogP contribution in [0.5, 0.6) is 0 Å². The molecule has 0 unspecified atom stereocenters. The molecule has 0 radical (unpaired) electrons. The third-order valence-corrected chi connectivity index (χ3v) is 4.90. The van der Waals surface area contributed by atoms with Gasteiger partial charge in [0.25, 0.3) is 0 Å². The maximum absolute atomic E-state index is 11.9. The normalized spacial score (nSPS) is 11.0. The molecule has 1 aromatic heterocycles. The van der Waals surface area contributed by atoms with Crippen LogP contribution in [0.3, 0.4) is 0 Å². The van der Waals surface area contributed by atoms with Gasteiger partial charge in [0.15, 0.2) is 10.2 Å². The zero-order valence-electron chi connectivity index (χ0n) is 13.2. The number of rotatable bonds is 3. The number of thiocarbonyl (C=S) groups is 1. The number of fused-ring (bicyclic) bond motifs is 1. The van der Waals surface area contributed by atoms with Gasteiger partial charge < -0.3 is 5.32 Å². The number of hydrogen-bond acceptors (Lipinski definition) is 4. The van der Waals surface area contributed by atoms with E-state index >= 15 is 0 Å². The molecule has 0 atom stereocenters. The third kappa shape index (κ3) is 4.63. The van der Waals surface area contributed by atoms with E-state index in [-0.39, 0.29) is 11.0 Å². The SMILES string of the molecule is Cc1cc2sc(NC(=S)NC(=O)C=Cc3ccccc3)nc2cc1Cl. The molecule has 0 aliphatic heterocycles. The third-order valence-electron chi connectivity index (χ3n) is 3.35. The predicted molar refractivity (Wildman–Crippen MR) is 109 cm³/mol. The minimum atomic E-state index is -0.304. The maximum atomic E-state index is 11.9. The molecular weight excluding hydrogens is 374 g/mol. The molecule has 0 saturated carbocycles. The minimum absolute atomic E-state index is 0.199. The Bertz CT molecular complexity index is 928. The molecule has 0 aliphatic rings. The first-order valence-corrected chi connectivity index (χ1v) is 9.03. The van der Waals surface area contributed by atoms with E-state index in [4.69, 9.17) is 23.8 Å². The van der Waals surface area contributed by atoms with Crippen molar-refractivity contribution in [3.05, 3.63) is 64.7 Å². The standard InChI is InChI=1S/C18H14ClN3OS2/c1-11-9-15-14(10-13(11)19)20-18(25-15)22-17(24)21-16(23)8-7-12-5-3-2-4-6-12/h2-10H,1H3,(H2,20,21,22,23,24). The second-order valence-electron chi connectivity index (χ2n) is 5.28. The molecule has 0 saturated heterocycles. The molecule has 1 amide bonds. The van der Waals surface area contributed by atoms with Crippen LogP contribution in [0, 0.1) is 6.92 Å². The molecule has 2 N–H and O–H groups in total. The van der Waals surface area contributed by atoms with Gasteiger partial charge in [0, 0.05) is 11.1 Å². The summed E-state index contributed by atoms with van der Waals surface area (Å²) in [5, 5.41) is 7.01. The van der Waals surface area contributed by atoms with Gasteiger partial charge in [-0.3, -0.25) is 10.1 Å². The second kappa shape index (κ2) is 7.74. The van der Waals surface area contributed by atoms with Gasteiger partial charge in [-0.25, -0.2) is 4.98 Å². The van der Waals surface area contributed by atoms with Crippen LogP contribution in [-0.4, -0.2) is 16.0 Å². The molecule has 0 bridgehead atoms. The molecular formula is C18H14ClN3OS2. The number of aromatic nitrogens is 1. The molecule has 7 heteroatoms. The Morgan fingerprint density at radius 1 is 1.28 bits per heavy atom. The summed E-state index contributed by atoms with van der Waals surface area (Å²) in [7, 11) is 0. The maximum Gasteiger partial charge on any atom is 0.250 e. The number of nitrogens with zero attached hydrogens (tertiary/aromatic N) is 1. The van der Waals surface area contributed by atoms with Gasteiger partial charge >= 0.3 is 0 Å². The molecule has 126 valence electrons. The van der Waals surface area contributed by atoms with E-state index in [1.54, 1.807) is 6.08 Å². The fourth-order valence-electron chi connectivity index (χ4n) is 2.12. The Hall–Kier alpha value is -2.28. The lowest BCUT2D eigenvalue weighted by atomic mass is 10.2. The topological polar surface area (TPSA) is 54.0 Å². The monoisotopic (exact) mass is 387 g/mol. The van der Waals surface area contributed by atoms with E-state index in [0.29, 0.717) is 10.2 Å². The Morgan fingerprint density at radius 2 is 2.04 bits per heavy atom. The first kappa shape index (κ1) is 17.5. The zero-order valence-corrected chi connectivity index (χ0v) is 15.6. The van der Waals surface area contributed by atoms with Crippen molar-refractivity contribution in [2.75, 3.05) is 5.32 Å². The van der Waals surface area contributed by atoms with E-state index in [0.717, 1.165) is 21.3 Å². The Labute approximate surface area is 159 Å². The molecule has 3 rings (SSSR count). The van der Waals surface area contributed by atoms with Gasteiger partial charge in [-0.1, -0.05) is 53.3 Å². The van der Waals surface area contributed by atoms with Crippen LogP contribution in [0.4, 0.5) is 5.13 Å². The number of carbonyl (C=O) groups excluding carboxylic acids is 1. The number of carbonyl (C=O) groups is 1. The quantitative estimate of drug-likeness (QED) is 0.501. The largest absolute Gasteiger partial charge is 0.308 e. The number of hydrogen-bond donors (Lipinski definition) is 2. The van der Waals surface area contributed by atoms with Crippen LogP contribution < -0.4 is 10.6 Å². The van der Waals surface area contributed by atoms with Crippen LogP contribution in [0.2, 0.25) is 5.02 Å². The highest BCUT2D eigenvalue weighted by Gasteiger charge is 2.08. The Kier molecular flexibility index (Phi) is 5.43. The van der Waals surface area contributed by atoms with Gasteiger partial charge in [-0.05, 0) is 48.5 Å². The van der Waals surface area contributed by atoms with E-state index in [1.165, 1.54) is 17.4 Å². The minimum Gasteiger partial charge on any atom is -0.308 e. The fraction of sp³-hybridized carbons (Fsp3) is 0.0556. The zero-order chi connectivity index (χ0) is 17.8. The summed E-state index contributed by atoms with van der Waals surface area (Å²) in [6.07, 6.45) is 3.16. The fourth-order valence-corrected chi connectivity index (χ4v) is 3.49. The summed E-state index contributed by atoms with van der Waals surface area (Å²) < 4.78 is 1.00. The molecule has 0 aliphatic carbocycles. The molecule has 0 fully saturated rings.